The fourth-order valence-corrected chi connectivity index (χ4v) is 1.42. The van der Waals surface area contributed by atoms with Crippen LogP contribution in [-0.2, 0) is 11.3 Å². The molecule has 12 heavy (non-hydrogen) atoms. The Morgan fingerprint density at radius 1 is 1.67 bits per heavy atom. The van der Waals surface area contributed by atoms with E-state index in [4.69, 9.17) is 9.15 Å². The summed E-state index contributed by atoms with van der Waals surface area (Å²) in [5.41, 5.74) is 1.14. The molecule has 0 saturated carbocycles. The highest BCUT2D eigenvalue weighted by Crippen LogP contribution is 2.23. The Morgan fingerprint density at radius 3 is 3.00 bits per heavy atom. The number of halogens is 1. The average Bonchev–Trinajstić information content (AvgIpc) is 2.52. The maximum Gasteiger partial charge on any atom is 0.112 e. The van der Waals surface area contributed by atoms with Gasteiger partial charge in [-0.05, 0) is 6.07 Å². The topological polar surface area (TPSA) is 22.4 Å². The summed E-state index contributed by atoms with van der Waals surface area (Å²) in [5, 5.41) is 0.914. The molecule has 3 heteroatoms. The standard InChI is InChI=1S/C9H13BrO2/c1-7(5-10)9-8(6-11-2)3-4-12-9/h3-4,7H,5-6H2,1-2H3. The van der Waals surface area contributed by atoms with Gasteiger partial charge < -0.3 is 9.15 Å². The van der Waals surface area contributed by atoms with Crippen LogP contribution in [-0.4, -0.2) is 12.4 Å². The highest BCUT2D eigenvalue weighted by atomic mass is 79.9. The lowest BCUT2D eigenvalue weighted by Gasteiger charge is -2.06. The second-order valence-electron chi connectivity index (χ2n) is 2.80. The number of alkyl halides is 1. The van der Waals surface area contributed by atoms with Gasteiger partial charge in [0.15, 0.2) is 0 Å². The van der Waals surface area contributed by atoms with Crippen molar-refractivity contribution in [3.05, 3.63) is 23.7 Å². The summed E-state index contributed by atoms with van der Waals surface area (Å²) in [7, 11) is 1.69. The smallest absolute Gasteiger partial charge is 0.112 e. The fourth-order valence-electron chi connectivity index (χ4n) is 1.12. The van der Waals surface area contributed by atoms with E-state index < -0.39 is 0 Å². The largest absolute Gasteiger partial charge is 0.469 e. The predicted molar refractivity (Wildman–Crippen MR) is 51.6 cm³/mol. The van der Waals surface area contributed by atoms with Crippen molar-refractivity contribution in [2.24, 2.45) is 0 Å². The van der Waals surface area contributed by atoms with Gasteiger partial charge in [0, 0.05) is 23.9 Å². The van der Waals surface area contributed by atoms with Crippen molar-refractivity contribution in [2.45, 2.75) is 19.4 Å². The van der Waals surface area contributed by atoms with E-state index in [1.807, 2.05) is 6.07 Å². The molecule has 1 aromatic heterocycles. The van der Waals surface area contributed by atoms with Crippen LogP contribution in [0.3, 0.4) is 0 Å². The van der Waals surface area contributed by atoms with E-state index in [0.717, 1.165) is 16.7 Å². The van der Waals surface area contributed by atoms with Crippen molar-refractivity contribution < 1.29 is 9.15 Å². The molecule has 1 heterocycles. The third-order valence-corrected chi connectivity index (χ3v) is 2.73. The van der Waals surface area contributed by atoms with Gasteiger partial charge in [-0.15, -0.1) is 0 Å². The molecule has 0 aliphatic rings. The molecule has 1 unspecified atom stereocenters. The molecule has 0 amide bonds. The Morgan fingerprint density at radius 2 is 2.42 bits per heavy atom. The zero-order valence-corrected chi connectivity index (χ0v) is 8.93. The lowest BCUT2D eigenvalue weighted by molar-refractivity contribution is 0.182. The van der Waals surface area contributed by atoms with E-state index in [1.54, 1.807) is 13.4 Å². The van der Waals surface area contributed by atoms with Crippen molar-refractivity contribution in [1.29, 1.82) is 0 Å². The van der Waals surface area contributed by atoms with Crippen LogP contribution in [0.4, 0.5) is 0 Å². The number of hydrogen-bond donors (Lipinski definition) is 0. The average molecular weight is 233 g/mol. The summed E-state index contributed by atoms with van der Waals surface area (Å²) in [4.78, 5) is 0. The molecule has 1 atom stereocenters. The normalized spacial score (nSPS) is 13.2. The summed E-state index contributed by atoms with van der Waals surface area (Å²) in [6, 6.07) is 1.96. The van der Waals surface area contributed by atoms with Crippen LogP contribution in [0.25, 0.3) is 0 Å². The number of furan rings is 1. The molecule has 0 saturated heterocycles. The number of hydrogen-bond acceptors (Lipinski definition) is 2. The SMILES string of the molecule is COCc1ccoc1C(C)CBr. The monoisotopic (exact) mass is 232 g/mol. The van der Waals surface area contributed by atoms with Crippen molar-refractivity contribution in [3.8, 4) is 0 Å². The first-order valence-corrected chi connectivity index (χ1v) is 5.03. The van der Waals surface area contributed by atoms with Crippen molar-refractivity contribution >= 4 is 15.9 Å². The van der Waals surface area contributed by atoms with E-state index in [0.29, 0.717) is 12.5 Å². The zero-order chi connectivity index (χ0) is 8.97. The number of methoxy groups -OCH3 is 1. The minimum atomic E-state index is 0.408. The van der Waals surface area contributed by atoms with Gasteiger partial charge >= 0.3 is 0 Å². The summed E-state index contributed by atoms with van der Waals surface area (Å²) in [6.07, 6.45) is 1.71. The molecule has 1 rings (SSSR count). The summed E-state index contributed by atoms with van der Waals surface area (Å²) >= 11 is 3.42. The van der Waals surface area contributed by atoms with Gasteiger partial charge in [-0.3, -0.25) is 0 Å². The van der Waals surface area contributed by atoms with Crippen molar-refractivity contribution in [1.82, 2.24) is 0 Å². The van der Waals surface area contributed by atoms with E-state index in [2.05, 4.69) is 22.9 Å². The third-order valence-electron chi connectivity index (χ3n) is 1.76. The lowest BCUT2D eigenvalue weighted by atomic mass is 10.1. The summed E-state index contributed by atoms with van der Waals surface area (Å²) in [6.45, 7) is 2.75. The maximum atomic E-state index is 5.36. The lowest BCUT2D eigenvalue weighted by Crippen LogP contribution is -1.97. The fraction of sp³-hybridized carbons (Fsp3) is 0.556. The van der Waals surface area contributed by atoms with E-state index in [9.17, 15) is 0 Å². The third kappa shape index (κ3) is 2.11. The van der Waals surface area contributed by atoms with Crippen LogP contribution in [0.15, 0.2) is 16.7 Å². The molecule has 1 aromatic rings. The minimum Gasteiger partial charge on any atom is -0.469 e. The Hall–Kier alpha value is -0.280. The Kier molecular flexibility index (Phi) is 3.82. The Balaban J connectivity index is 2.76. The predicted octanol–water partition coefficient (Wildman–Crippen LogP) is 2.92. The first-order valence-electron chi connectivity index (χ1n) is 3.90. The van der Waals surface area contributed by atoms with E-state index in [-0.39, 0.29) is 0 Å². The van der Waals surface area contributed by atoms with Crippen LogP contribution in [0, 0.1) is 0 Å². The van der Waals surface area contributed by atoms with Gasteiger partial charge in [0.2, 0.25) is 0 Å². The summed E-state index contributed by atoms with van der Waals surface area (Å²) in [5.74, 6) is 1.43. The molecular formula is C9H13BrO2. The first kappa shape index (κ1) is 9.81. The molecule has 0 aliphatic carbocycles. The van der Waals surface area contributed by atoms with Gasteiger partial charge in [0.05, 0.1) is 12.9 Å². The highest BCUT2D eigenvalue weighted by molar-refractivity contribution is 9.09. The Labute approximate surface area is 81.0 Å². The molecule has 0 N–H and O–H groups in total. The van der Waals surface area contributed by atoms with E-state index >= 15 is 0 Å². The molecule has 0 radical (unpaired) electrons. The first-order chi connectivity index (χ1) is 5.79. The van der Waals surface area contributed by atoms with E-state index in [1.165, 1.54) is 0 Å². The van der Waals surface area contributed by atoms with Crippen molar-refractivity contribution in [2.75, 3.05) is 12.4 Å². The van der Waals surface area contributed by atoms with Crippen LogP contribution in [0.5, 0.6) is 0 Å². The quantitative estimate of drug-likeness (QED) is 0.746. The molecule has 0 fully saturated rings. The second kappa shape index (κ2) is 4.67. The highest BCUT2D eigenvalue weighted by Gasteiger charge is 2.12. The van der Waals surface area contributed by atoms with Crippen molar-refractivity contribution in [3.63, 3.8) is 0 Å². The Bertz CT molecular complexity index is 232. The van der Waals surface area contributed by atoms with Gasteiger partial charge in [-0.1, -0.05) is 22.9 Å². The molecule has 0 spiro atoms. The molecule has 0 bridgehead atoms. The van der Waals surface area contributed by atoms with Gasteiger partial charge in [-0.2, -0.15) is 0 Å². The second-order valence-corrected chi connectivity index (χ2v) is 3.45. The molecule has 0 aliphatic heterocycles. The van der Waals surface area contributed by atoms with Crippen LogP contribution < -0.4 is 0 Å². The zero-order valence-electron chi connectivity index (χ0n) is 7.34. The minimum absolute atomic E-state index is 0.408. The molecule has 2 nitrogen and oxygen atoms in total. The van der Waals surface area contributed by atoms with Gasteiger partial charge in [0.25, 0.3) is 0 Å². The molecule has 0 aromatic carbocycles. The van der Waals surface area contributed by atoms with Gasteiger partial charge in [0.1, 0.15) is 5.76 Å². The van der Waals surface area contributed by atoms with Crippen LogP contribution in [0.1, 0.15) is 24.2 Å². The number of rotatable bonds is 4. The van der Waals surface area contributed by atoms with Crippen LogP contribution in [0.2, 0.25) is 0 Å². The molecular weight excluding hydrogens is 220 g/mol. The summed E-state index contributed by atoms with van der Waals surface area (Å²) < 4.78 is 10.4. The maximum absolute atomic E-state index is 5.36. The molecule has 68 valence electrons. The van der Waals surface area contributed by atoms with Crippen LogP contribution >= 0.6 is 15.9 Å². The van der Waals surface area contributed by atoms with Gasteiger partial charge in [-0.25, -0.2) is 0 Å². The number of ether oxygens (including phenoxy) is 1.